The van der Waals surface area contributed by atoms with E-state index in [1.165, 1.54) is 6.07 Å². The number of hydrogen-bond acceptors (Lipinski definition) is 4. The summed E-state index contributed by atoms with van der Waals surface area (Å²) in [6.45, 7) is 2.31. The fourth-order valence-electron chi connectivity index (χ4n) is 3.80. The Balaban J connectivity index is 1.27. The van der Waals surface area contributed by atoms with Gasteiger partial charge in [0.1, 0.15) is 12.4 Å². The molecule has 0 aromatic heterocycles. The summed E-state index contributed by atoms with van der Waals surface area (Å²) in [6, 6.07) is 23.6. The van der Waals surface area contributed by atoms with Crippen LogP contribution in [0.2, 0.25) is 0 Å². The van der Waals surface area contributed by atoms with E-state index in [1.807, 2.05) is 70.5 Å². The van der Waals surface area contributed by atoms with Gasteiger partial charge in [-0.2, -0.15) is 0 Å². The van der Waals surface area contributed by atoms with Crippen molar-refractivity contribution in [2.24, 2.45) is 0 Å². The number of halogens is 1. The molecule has 0 spiro atoms. The topological polar surface area (TPSA) is 61.9 Å². The summed E-state index contributed by atoms with van der Waals surface area (Å²) < 4.78 is 19.9. The minimum atomic E-state index is -0.642. The molecule has 0 atom stereocenters. The van der Waals surface area contributed by atoms with Gasteiger partial charge in [-0.25, -0.2) is 9.18 Å². The predicted molar refractivity (Wildman–Crippen MR) is 126 cm³/mol. The van der Waals surface area contributed by atoms with E-state index in [9.17, 15) is 14.0 Å². The molecule has 170 valence electrons. The zero-order chi connectivity index (χ0) is 23.0. The lowest BCUT2D eigenvalue weighted by molar-refractivity contribution is -0.130. The van der Waals surface area contributed by atoms with Gasteiger partial charge in [0.2, 0.25) is 5.91 Å². The summed E-state index contributed by atoms with van der Waals surface area (Å²) in [4.78, 5) is 28.3. The first-order valence-corrected chi connectivity index (χ1v) is 10.9. The van der Waals surface area contributed by atoms with E-state index in [2.05, 4.69) is 5.32 Å². The van der Waals surface area contributed by atoms with Gasteiger partial charge < -0.3 is 14.5 Å². The standard InChI is InChI=1S/C26H26FN3O3/c27-23-18-22(28-26(32)33-19-21-9-5-2-6-10-21)11-12-24(23)29-13-15-30(16-14-29)25(31)17-20-7-3-1-4-8-20/h1-12,18H,13-17,19H2,(H,28,32). The fraction of sp³-hybridized carbons (Fsp3) is 0.231. The second-order valence-corrected chi connectivity index (χ2v) is 7.88. The zero-order valence-corrected chi connectivity index (χ0v) is 18.2. The van der Waals surface area contributed by atoms with Crippen molar-refractivity contribution in [1.82, 2.24) is 4.90 Å². The van der Waals surface area contributed by atoms with Gasteiger partial charge >= 0.3 is 6.09 Å². The second-order valence-electron chi connectivity index (χ2n) is 7.88. The van der Waals surface area contributed by atoms with Crippen LogP contribution < -0.4 is 10.2 Å². The van der Waals surface area contributed by atoms with Crippen LogP contribution in [-0.2, 0) is 22.6 Å². The molecule has 2 amide bonds. The molecule has 3 aromatic rings. The normalized spacial score (nSPS) is 13.5. The molecule has 1 aliphatic rings. The van der Waals surface area contributed by atoms with Crippen molar-refractivity contribution in [3.8, 4) is 0 Å². The highest BCUT2D eigenvalue weighted by atomic mass is 19.1. The first kappa shape index (κ1) is 22.3. The van der Waals surface area contributed by atoms with Crippen LogP contribution in [0, 0.1) is 5.82 Å². The van der Waals surface area contributed by atoms with Gasteiger partial charge in [0.15, 0.2) is 0 Å². The molecule has 0 aliphatic carbocycles. The number of nitrogens with zero attached hydrogens (tertiary/aromatic N) is 2. The lowest BCUT2D eigenvalue weighted by Gasteiger charge is -2.36. The van der Waals surface area contributed by atoms with Crippen LogP contribution in [0.25, 0.3) is 0 Å². The largest absolute Gasteiger partial charge is 0.444 e. The maximum absolute atomic E-state index is 14.8. The van der Waals surface area contributed by atoms with Crippen LogP contribution in [0.15, 0.2) is 78.9 Å². The average molecular weight is 448 g/mol. The number of piperazine rings is 1. The third-order valence-corrected chi connectivity index (χ3v) is 5.58. The van der Waals surface area contributed by atoms with E-state index in [-0.39, 0.29) is 12.5 Å². The summed E-state index contributed by atoms with van der Waals surface area (Å²) >= 11 is 0. The number of nitrogens with one attached hydrogen (secondary N) is 1. The van der Waals surface area contributed by atoms with Crippen LogP contribution in [0.1, 0.15) is 11.1 Å². The second kappa shape index (κ2) is 10.6. The van der Waals surface area contributed by atoms with Crippen LogP contribution in [-0.4, -0.2) is 43.1 Å². The van der Waals surface area contributed by atoms with Gasteiger partial charge in [-0.05, 0) is 29.3 Å². The van der Waals surface area contributed by atoms with E-state index >= 15 is 0 Å². The number of rotatable bonds is 6. The Labute approximate surface area is 192 Å². The Hall–Kier alpha value is -3.87. The quantitative estimate of drug-likeness (QED) is 0.606. The van der Waals surface area contributed by atoms with Gasteiger partial charge in [0, 0.05) is 31.9 Å². The molecule has 0 bridgehead atoms. The zero-order valence-electron chi connectivity index (χ0n) is 18.2. The van der Waals surface area contributed by atoms with Crippen molar-refractivity contribution < 1.29 is 18.7 Å². The van der Waals surface area contributed by atoms with E-state index < -0.39 is 11.9 Å². The van der Waals surface area contributed by atoms with Crippen molar-refractivity contribution in [1.29, 1.82) is 0 Å². The molecular formula is C26H26FN3O3. The molecular weight excluding hydrogens is 421 g/mol. The van der Waals surface area contributed by atoms with Crippen LogP contribution in [0.3, 0.4) is 0 Å². The Morgan fingerprint density at radius 2 is 1.48 bits per heavy atom. The van der Waals surface area contributed by atoms with Crippen LogP contribution in [0.4, 0.5) is 20.6 Å². The first-order chi connectivity index (χ1) is 16.1. The van der Waals surface area contributed by atoms with Gasteiger partial charge in [-0.3, -0.25) is 10.1 Å². The number of carbonyl (C=O) groups excluding carboxylic acids is 2. The van der Waals surface area contributed by atoms with Crippen molar-refractivity contribution in [3.63, 3.8) is 0 Å². The number of amides is 2. The van der Waals surface area contributed by atoms with Gasteiger partial charge in [0.05, 0.1) is 12.1 Å². The Morgan fingerprint density at radius 3 is 2.12 bits per heavy atom. The molecule has 0 saturated carbocycles. The lowest BCUT2D eigenvalue weighted by atomic mass is 10.1. The number of ether oxygens (including phenoxy) is 1. The first-order valence-electron chi connectivity index (χ1n) is 10.9. The molecule has 0 radical (unpaired) electrons. The summed E-state index contributed by atoms with van der Waals surface area (Å²) in [5.41, 5.74) is 2.64. The molecule has 1 aliphatic heterocycles. The minimum absolute atomic E-state index is 0.0786. The molecule has 0 unspecified atom stereocenters. The van der Waals surface area contributed by atoms with E-state index in [0.29, 0.717) is 44.0 Å². The summed E-state index contributed by atoms with van der Waals surface area (Å²) in [6.07, 6.45) is -0.271. The van der Waals surface area contributed by atoms with Crippen LogP contribution >= 0.6 is 0 Å². The van der Waals surface area contributed by atoms with Crippen molar-refractivity contribution in [2.45, 2.75) is 13.0 Å². The molecule has 3 aromatic carbocycles. The maximum atomic E-state index is 14.8. The summed E-state index contributed by atoms with van der Waals surface area (Å²) in [5.74, 6) is -0.352. The molecule has 1 fully saturated rings. The molecule has 6 nitrogen and oxygen atoms in total. The molecule has 1 N–H and O–H groups in total. The van der Waals surface area contributed by atoms with Crippen LogP contribution in [0.5, 0.6) is 0 Å². The molecule has 33 heavy (non-hydrogen) atoms. The van der Waals surface area contributed by atoms with Crippen molar-refractivity contribution in [2.75, 3.05) is 36.4 Å². The molecule has 7 heteroatoms. The highest BCUT2D eigenvalue weighted by molar-refractivity contribution is 5.85. The van der Waals surface area contributed by atoms with Gasteiger partial charge in [-0.1, -0.05) is 60.7 Å². The summed E-state index contributed by atoms with van der Waals surface area (Å²) in [7, 11) is 0. The average Bonchev–Trinajstić information content (AvgIpc) is 2.84. The Bertz CT molecular complexity index is 1080. The number of carbonyl (C=O) groups is 2. The van der Waals surface area contributed by atoms with E-state index in [4.69, 9.17) is 4.74 Å². The highest BCUT2D eigenvalue weighted by Crippen LogP contribution is 2.24. The van der Waals surface area contributed by atoms with E-state index in [1.54, 1.807) is 12.1 Å². The third kappa shape index (κ3) is 6.10. The Kier molecular flexibility index (Phi) is 7.19. The van der Waals surface area contributed by atoms with Gasteiger partial charge in [-0.15, -0.1) is 0 Å². The SMILES string of the molecule is O=C(Nc1ccc(N2CCN(C(=O)Cc3ccccc3)CC2)c(F)c1)OCc1ccccc1. The monoisotopic (exact) mass is 447 g/mol. The number of benzene rings is 3. The lowest BCUT2D eigenvalue weighted by Crippen LogP contribution is -2.49. The maximum Gasteiger partial charge on any atom is 0.411 e. The number of anilines is 2. The highest BCUT2D eigenvalue weighted by Gasteiger charge is 2.23. The van der Waals surface area contributed by atoms with E-state index in [0.717, 1.165) is 11.1 Å². The number of hydrogen-bond donors (Lipinski definition) is 1. The van der Waals surface area contributed by atoms with Crippen molar-refractivity contribution >= 4 is 23.4 Å². The fourth-order valence-corrected chi connectivity index (χ4v) is 3.80. The summed E-state index contributed by atoms with van der Waals surface area (Å²) in [5, 5.41) is 2.56. The smallest absolute Gasteiger partial charge is 0.411 e. The predicted octanol–water partition coefficient (Wildman–Crippen LogP) is 4.47. The minimum Gasteiger partial charge on any atom is -0.444 e. The van der Waals surface area contributed by atoms with Gasteiger partial charge in [0.25, 0.3) is 0 Å². The van der Waals surface area contributed by atoms with Crippen molar-refractivity contribution in [3.05, 3.63) is 95.8 Å². The molecule has 4 rings (SSSR count). The molecule has 1 saturated heterocycles. The third-order valence-electron chi connectivity index (χ3n) is 5.58. The Morgan fingerprint density at radius 1 is 0.848 bits per heavy atom. The molecule has 1 heterocycles.